The number of ether oxygens (including phenoxy) is 7. The van der Waals surface area contributed by atoms with Gasteiger partial charge in [0.1, 0.15) is 54.0 Å². The van der Waals surface area contributed by atoms with Crippen LogP contribution in [0.15, 0.2) is 145 Å². The number of hydrazine groups is 1. The van der Waals surface area contributed by atoms with Crippen molar-refractivity contribution in [3.8, 4) is 11.1 Å². The number of hydrogen-bond donors (Lipinski definition) is 7. The third kappa shape index (κ3) is 30.4. The molecule has 1 fully saturated rings. The molecule has 1 saturated heterocycles. The molecule has 0 saturated carbocycles. The zero-order valence-corrected chi connectivity index (χ0v) is 83.1. The van der Waals surface area contributed by atoms with Gasteiger partial charge in [-0.3, -0.25) is 52.8 Å². The van der Waals surface area contributed by atoms with Crippen LogP contribution in [0.2, 0.25) is 0 Å². The maximum absolute atomic E-state index is 14.9. The van der Waals surface area contributed by atoms with E-state index in [1.54, 1.807) is 122 Å². The number of nitrogens with one attached hydrogen (secondary N) is 7. The number of anilines is 1. The van der Waals surface area contributed by atoms with Crippen molar-refractivity contribution in [2.75, 3.05) is 93.9 Å². The molecule has 33 nitrogen and oxygen atoms in total. The van der Waals surface area contributed by atoms with Crippen molar-refractivity contribution < 1.29 is 90.7 Å². The summed E-state index contributed by atoms with van der Waals surface area (Å²) in [6.45, 7) is 24.4. The number of carbonyl (C=O) groups excluding carboxylic acids is 12. The monoisotopic (exact) mass is 1900 g/mol. The number of methoxy groups -OCH3 is 2. The zero-order chi connectivity index (χ0) is 99.2. The Bertz CT molecular complexity index is 5080. The van der Waals surface area contributed by atoms with Crippen LogP contribution in [0.1, 0.15) is 186 Å². The summed E-state index contributed by atoms with van der Waals surface area (Å²) in [5.41, 5.74) is 7.34. The van der Waals surface area contributed by atoms with Crippen LogP contribution in [-0.2, 0) is 107 Å². The molecule has 2 aliphatic rings. The van der Waals surface area contributed by atoms with Gasteiger partial charge in [0.05, 0.1) is 75.6 Å². The Morgan fingerprint density at radius 3 is 1.88 bits per heavy atom. The molecule has 740 valence electrons. The molecule has 0 spiro atoms. The SMILES string of the molecule is CC[C@H](C)[C@@H]([C@@H](CC(=O)N1CCC[C@H]1[C@H](OC)[C@@H](C)C(=O)N[C@@H](Cc1ccccc1)c1nccs1)OC)N(C)C(=O)[C@@H](NC(=O)[C@H](C(C)C)N(C)C(=O)OCc1ccc(NC(=O)[C@H](C)NC(=O)[C@@H](NC(=O)CCOCCOCCNC(=O)[C@H](CCC(=O)OC(C)(C)C)NC(=O)CCn2c(CN(C)N(C)C(=O)OCC3c4ccccc4-c4ccccc43)cc3ccccc32)C(C)C)cc1)C(C)C. The summed E-state index contributed by atoms with van der Waals surface area (Å²) in [6, 6.07) is 35.7. The molecule has 9 rings (SSSR count). The third-order valence-corrected chi connectivity index (χ3v) is 26.0. The lowest BCUT2D eigenvalue weighted by Gasteiger charge is -2.41. The number of likely N-dealkylation sites (N-methyl/N-ethyl adjacent to an activating group) is 2. The van der Waals surface area contributed by atoms with Crippen LogP contribution in [0.5, 0.6) is 0 Å². The molecule has 1 aliphatic heterocycles. The quantitative estimate of drug-likeness (QED) is 0.00806. The van der Waals surface area contributed by atoms with Gasteiger partial charge in [0.2, 0.25) is 53.2 Å². The van der Waals surface area contributed by atoms with Crippen molar-refractivity contribution in [1.82, 2.24) is 66.2 Å². The molecule has 0 unspecified atom stereocenters. The summed E-state index contributed by atoms with van der Waals surface area (Å²) >= 11 is 1.47. The van der Waals surface area contributed by atoms with E-state index in [1.807, 2.05) is 129 Å². The third-order valence-electron chi connectivity index (χ3n) is 25.1. The van der Waals surface area contributed by atoms with Crippen LogP contribution in [0.3, 0.4) is 0 Å². The van der Waals surface area contributed by atoms with Crippen molar-refractivity contribution in [2.24, 2.45) is 29.6 Å². The number of aromatic nitrogens is 2. The molecule has 0 bridgehead atoms. The minimum Gasteiger partial charge on any atom is -0.460 e. The molecule has 3 heterocycles. The van der Waals surface area contributed by atoms with Gasteiger partial charge >= 0.3 is 18.2 Å². The summed E-state index contributed by atoms with van der Waals surface area (Å²) < 4.78 is 42.9. The minimum atomic E-state index is -1.10. The van der Waals surface area contributed by atoms with E-state index >= 15 is 0 Å². The van der Waals surface area contributed by atoms with Crippen LogP contribution >= 0.6 is 11.3 Å². The maximum atomic E-state index is 14.9. The predicted molar refractivity (Wildman–Crippen MR) is 519 cm³/mol. The van der Waals surface area contributed by atoms with E-state index in [9.17, 15) is 57.5 Å². The van der Waals surface area contributed by atoms with Crippen LogP contribution in [-0.4, -0.2) is 254 Å². The number of rotatable bonds is 51. The number of amides is 11. The molecule has 12 atom stereocenters. The summed E-state index contributed by atoms with van der Waals surface area (Å²) in [4.78, 5) is 176. The number of benzene rings is 5. The van der Waals surface area contributed by atoms with Crippen molar-refractivity contribution in [3.63, 3.8) is 0 Å². The molecule has 1 aliphatic carbocycles. The Labute approximate surface area is 803 Å². The standard InChI is InChI=1S/C102H142N14O19S/c1-20-66(8)91(83(129-18)59-86(119)116-50-30-39-82(116)92(130-19)67(9)93(121)108-80(98-104-49-56-136-98)57-69-31-22-21-23-32-69)112(15)99(126)89(64(4)5)110-97(125)90(65(6)7)113(16)100(127)133-61-70-40-42-72(43-41-70)106-94(122)68(10)105-96(124)88(63(2)3)109-85(118)47-52-131-54-55-132-53-48-103-95(123)79(44-45-87(120)135-102(11,12)13)107-84(117)46-51-115-73(58-71-33-24-29-38-81(71)115)60-111(14)114(17)101(128)134-62-78-76-36-27-25-34-74(76)75-35-26-28-37-77(75)78/h21-29,31-38,40-43,49,56,58,63-68,78-80,82-83,88-92H,20,30,39,44-48,50-55,57,59-62H2,1-19H3,(H,103,123)(H,105,124)(H,106,122)(H,107,117)(H,108,121)(H,109,118)(H,110,125)/t66-,67+,68-,79-,80-,82-,83+,88-,89-,90-,91-,92+/m0/s1. The van der Waals surface area contributed by atoms with Crippen molar-refractivity contribution >= 4 is 99.2 Å². The Morgan fingerprint density at radius 2 is 1.25 bits per heavy atom. The van der Waals surface area contributed by atoms with Gasteiger partial charge in [-0.05, 0) is 140 Å². The smallest absolute Gasteiger partial charge is 0.424 e. The van der Waals surface area contributed by atoms with E-state index in [4.69, 9.17) is 33.2 Å². The number of hydrogen-bond acceptors (Lipinski definition) is 22. The van der Waals surface area contributed by atoms with Crippen molar-refractivity contribution in [1.29, 1.82) is 0 Å². The van der Waals surface area contributed by atoms with E-state index in [2.05, 4.69) is 66.5 Å². The van der Waals surface area contributed by atoms with Crippen LogP contribution in [0.4, 0.5) is 15.3 Å². The second-order valence-electron chi connectivity index (χ2n) is 37.3. The Morgan fingerprint density at radius 1 is 0.610 bits per heavy atom. The average Bonchev–Trinajstić information content (AvgIpc) is 1.52. The average molecular weight is 1900 g/mol. The number of esters is 1. The number of aryl methyl sites for hydroxylation is 1. The number of nitrogens with zero attached hydrogens (tertiary/aromatic N) is 7. The first kappa shape index (κ1) is 108. The topological polar surface area (TPSA) is 388 Å². The van der Waals surface area contributed by atoms with Crippen LogP contribution < -0.4 is 37.2 Å². The fraction of sp³-hybridized carbons (Fsp3) is 0.539. The first-order chi connectivity index (χ1) is 64.8. The first-order valence-electron chi connectivity index (χ1n) is 47.2. The number of thiazole rings is 1. The Hall–Kier alpha value is -11.7. The van der Waals surface area contributed by atoms with E-state index in [0.29, 0.717) is 43.5 Å². The second-order valence-corrected chi connectivity index (χ2v) is 38.2. The number of fused-ring (bicyclic) bond motifs is 4. The lowest BCUT2D eigenvalue weighted by atomic mass is 9.89. The lowest BCUT2D eigenvalue weighted by molar-refractivity contribution is -0.155. The highest BCUT2D eigenvalue weighted by Gasteiger charge is 2.45. The van der Waals surface area contributed by atoms with Gasteiger partial charge < -0.3 is 84.7 Å². The van der Waals surface area contributed by atoms with Gasteiger partial charge in [-0.1, -0.05) is 178 Å². The molecular weight excluding hydrogens is 1760 g/mol. The van der Waals surface area contributed by atoms with Crippen molar-refractivity contribution in [3.05, 3.63) is 178 Å². The number of carbonyl (C=O) groups is 12. The Balaban J connectivity index is 0.673. The van der Waals surface area contributed by atoms with Gasteiger partial charge in [-0.15, -0.1) is 11.3 Å². The largest absolute Gasteiger partial charge is 0.460 e. The predicted octanol–water partition coefficient (Wildman–Crippen LogP) is 11.9. The summed E-state index contributed by atoms with van der Waals surface area (Å²) in [5, 5.41) is 26.8. The highest BCUT2D eigenvalue weighted by molar-refractivity contribution is 7.09. The molecule has 5 aromatic carbocycles. The molecule has 34 heteroatoms. The van der Waals surface area contributed by atoms with E-state index in [-0.39, 0.29) is 127 Å². The maximum Gasteiger partial charge on any atom is 0.424 e. The van der Waals surface area contributed by atoms with Crippen LogP contribution in [0.25, 0.3) is 22.0 Å². The van der Waals surface area contributed by atoms with Gasteiger partial charge in [0, 0.05) is 116 Å². The lowest BCUT2D eigenvalue weighted by Crippen LogP contribution is -2.60. The number of para-hydroxylation sites is 1. The fourth-order valence-corrected chi connectivity index (χ4v) is 18.2. The summed E-state index contributed by atoms with van der Waals surface area (Å²) in [7, 11) is 9.60. The van der Waals surface area contributed by atoms with E-state index in [0.717, 1.165) is 49.4 Å². The zero-order valence-electron chi connectivity index (χ0n) is 82.3. The molecule has 136 heavy (non-hydrogen) atoms. The van der Waals surface area contributed by atoms with Gasteiger partial charge in [0.25, 0.3) is 0 Å². The Kier molecular flexibility index (Phi) is 41.3. The molecule has 11 amide bonds. The van der Waals surface area contributed by atoms with Crippen LogP contribution in [0, 0.1) is 29.6 Å². The van der Waals surface area contributed by atoms with Gasteiger partial charge in [-0.25, -0.2) is 24.6 Å². The second kappa shape index (κ2) is 52.0. The highest BCUT2D eigenvalue weighted by atomic mass is 32.1. The normalized spacial score (nSPS) is 15.6. The van der Waals surface area contributed by atoms with E-state index in [1.165, 1.54) is 42.3 Å². The number of likely N-dealkylation sites (tertiary alicyclic amines) is 1. The summed E-state index contributed by atoms with van der Waals surface area (Å²) in [6.07, 6.45) is 1.03. The van der Waals surface area contributed by atoms with E-state index < -0.39 is 137 Å². The van der Waals surface area contributed by atoms with Gasteiger partial charge in [-0.2, -0.15) is 0 Å². The van der Waals surface area contributed by atoms with Gasteiger partial charge in [0.15, 0.2) is 0 Å². The molecule has 0 radical (unpaired) electrons. The fourth-order valence-electron chi connectivity index (χ4n) is 17.5. The molecule has 7 N–H and O–H groups in total. The van der Waals surface area contributed by atoms with Crippen molar-refractivity contribution in [2.45, 2.75) is 240 Å². The first-order valence-corrected chi connectivity index (χ1v) is 48.1. The highest BCUT2D eigenvalue weighted by Crippen LogP contribution is 2.45. The molecule has 2 aromatic heterocycles. The summed E-state index contributed by atoms with van der Waals surface area (Å²) in [5.74, 6) is -6.73. The molecule has 7 aromatic rings. The molecular formula is C102H142N14O19S. The minimum absolute atomic E-state index is 0.0163.